The van der Waals surface area contributed by atoms with Gasteiger partial charge in [-0.2, -0.15) is 0 Å². The Balaban J connectivity index is 2.71. The molecule has 1 atom stereocenters. The van der Waals surface area contributed by atoms with E-state index in [1.807, 2.05) is 6.92 Å². The number of hydrogen-bond acceptors (Lipinski definition) is 2. The molecule has 2 N–H and O–H groups in total. The maximum absolute atomic E-state index is 9.27. The molecule has 0 saturated carbocycles. The quantitative estimate of drug-likeness (QED) is 0.746. The van der Waals surface area contributed by atoms with Crippen molar-refractivity contribution in [2.45, 2.75) is 20.8 Å². The predicted octanol–water partition coefficient (Wildman–Crippen LogP) is 2.90. The van der Waals surface area contributed by atoms with Crippen molar-refractivity contribution in [1.29, 1.82) is 0 Å². The van der Waals surface area contributed by atoms with Gasteiger partial charge in [0.25, 0.3) is 0 Å². The highest BCUT2D eigenvalue weighted by Crippen LogP contribution is 2.21. The van der Waals surface area contributed by atoms with E-state index < -0.39 is 0 Å². The number of aliphatic hydroxyl groups excluding tert-OH is 1. The van der Waals surface area contributed by atoms with E-state index in [1.165, 1.54) is 11.1 Å². The number of anilines is 1. The minimum Gasteiger partial charge on any atom is -0.395 e. The largest absolute Gasteiger partial charge is 0.395 e. The summed E-state index contributed by atoms with van der Waals surface area (Å²) < 4.78 is 0. The van der Waals surface area contributed by atoms with Gasteiger partial charge in [-0.25, -0.2) is 0 Å². The molecule has 2 nitrogen and oxygen atoms in total. The molecule has 2 heteroatoms. The highest BCUT2D eigenvalue weighted by atomic mass is 16.3. The first-order valence-electron chi connectivity index (χ1n) is 5.56. The van der Waals surface area contributed by atoms with Crippen molar-refractivity contribution in [2.24, 2.45) is 5.41 Å². The zero-order valence-electron chi connectivity index (χ0n) is 10.4. The second-order valence-electron chi connectivity index (χ2n) is 4.69. The first kappa shape index (κ1) is 12.8. The van der Waals surface area contributed by atoms with Crippen LogP contribution < -0.4 is 5.32 Å². The van der Waals surface area contributed by atoms with Crippen LogP contribution in [0.15, 0.2) is 30.9 Å². The van der Waals surface area contributed by atoms with E-state index in [2.05, 4.69) is 43.9 Å². The monoisotopic (exact) mass is 219 g/mol. The van der Waals surface area contributed by atoms with E-state index >= 15 is 0 Å². The van der Waals surface area contributed by atoms with Gasteiger partial charge in [-0.05, 0) is 25.5 Å². The highest BCUT2D eigenvalue weighted by Gasteiger charge is 2.18. The van der Waals surface area contributed by atoms with Crippen molar-refractivity contribution in [3.05, 3.63) is 42.0 Å². The Bertz CT molecular complexity index is 373. The minimum absolute atomic E-state index is 0.106. The van der Waals surface area contributed by atoms with Crippen molar-refractivity contribution in [3.63, 3.8) is 0 Å². The second kappa shape index (κ2) is 5.17. The Hall–Kier alpha value is -1.28. The van der Waals surface area contributed by atoms with Crippen molar-refractivity contribution < 1.29 is 5.11 Å². The van der Waals surface area contributed by atoms with Gasteiger partial charge in [0.15, 0.2) is 0 Å². The van der Waals surface area contributed by atoms with Crippen LogP contribution in [0.5, 0.6) is 0 Å². The molecule has 88 valence electrons. The fraction of sp³-hybridized carbons (Fsp3) is 0.429. The molecule has 0 aromatic heterocycles. The summed E-state index contributed by atoms with van der Waals surface area (Å²) in [6.45, 7) is 10.7. The summed E-state index contributed by atoms with van der Waals surface area (Å²) in [5.41, 5.74) is 3.34. The lowest BCUT2D eigenvalue weighted by Crippen LogP contribution is -2.28. The van der Waals surface area contributed by atoms with Crippen LogP contribution in [0, 0.1) is 19.3 Å². The molecule has 1 rings (SSSR count). The molecule has 0 bridgehead atoms. The van der Waals surface area contributed by atoms with Crippen molar-refractivity contribution in [2.75, 3.05) is 18.5 Å². The van der Waals surface area contributed by atoms with E-state index in [0.717, 1.165) is 5.69 Å². The summed E-state index contributed by atoms with van der Waals surface area (Å²) in [7, 11) is 0. The van der Waals surface area contributed by atoms with Crippen molar-refractivity contribution in [1.82, 2.24) is 0 Å². The van der Waals surface area contributed by atoms with Crippen LogP contribution in [0.3, 0.4) is 0 Å². The fourth-order valence-corrected chi connectivity index (χ4v) is 1.50. The van der Waals surface area contributed by atoms with E-state index in [9.17, 15) is 5.11 Å². The molecular formula is C14H21NO. The molecule has 0 aliphatic rings. The lowest BCUT2D eigenvalue weighted by atomic mass is 9.92. The van der Waals surface area contributed by atoms with Crippen molar-refractivity contribution in [3.8, 4) is 0 Å². The van der Waals surface area contributed by atoms with Crippen LogP contribution >= 0.6 is 0 Å². The second-order valence-corrected chi connectivity index (χ2v) is 4.69. The molecular weight excluding hydrogens is 198 g/mol. The van der Waals surface area contributed by atoms with Gasteiger partial charge in [0.05, 0.1) is 6.61 Å². The van der Waals surface area contributed by atoms with Gasteiger partial charge in [0, 0.05) is 17.6 Å². The molecule has 0 fully saturated rings. The summed E-state index contributed by atoms with van der Waals surface area (Å²) in [5, 5.41) is 12.6. The Labute approximate surface area is 98.0 Å². The summed E-state index contributed by atoms with van der Waals surface area (Å²) in [6, 6.07) is 6.30. The Morgan fingerprint density at radius 2 is 2.12 bits per heavy atom. The maximum atomic E-state index is 9.27. The molecule has 0 radical (unpaired) electrons. The van der Waals surface area contributed by atoms with Crippen molar-refractivity contribution >= 4 is 5.69 Å². The third kappa shape index (κ3) is 3.11. The third-order valence-corrected chi connectivity index (χ3v) is 2.92. The number of benzene rings is 1. The number of nitrogens with one attached hydrogen (secondary N) is 1. The van der Waals surface area contributed by atoms with E-state index in [-0.39, 0.29) is 12.0 Å². The zero-order valence-corrected chi connectivity index (χ0v) is 10.4. The van der Waals surface area contributed by atoms with Crippen LogP contribution in [0.25, 0.3) is 0 Å². The Morgan fingerprint density at radius 3 is 2.62 bits per heavy atom. The van der Waals surface area contributed by atoms with Gasteiger partial charge in [0.2, 0.25) is 0 Å². The third-order valence-electron chi connectivity index (χ3n) is 2.92. The SMILES string of the molecule is C=CC(C)(CO)CNc1ccc(C)cc1C. The van der Waals surface area contributed by atoms with Gasteiger partial charge in [-0.1, -0.05) is 30.7 Å². The van der Waals surface area contributed by atoms with E-state index in [4.69, 9.17) is 0 Å². The summed E-state index contributed by atoms with van der Waals surface area (Å²) in [5.74, 6) is 0. The molecule has 0 aliphatic heterocycles. The molecule has 0 amide bonds. The first-order chi connectivity index (χ1) is 7.50. The van der Waals surface area contributed by atoms with Crippen LogP contribution in [0.1, 0.15) is 18.1 Å². The molecule has 1 unspecified atom stereocenters. The highest BCUT2D eigenvalue weighted by molar-refractivity contribution is 5.52. The lowest BCUT2D eigenvalue weighted by molar-refractivity contribution is 0.194. The van der Waals surface area contributed by atoms with Crippen LogP contribution in [-0.2, 0) is 0 Å². The summed E-state index contributed by atoms with van der Waals surface area (Å²) in [4.78, 5) is 0. The van der Waals surface area contributed by atoms with Crippen LogP contribution in [-0.4, -0.2) is 18.3 Å². The van der Waals surface area contributed by atoms with Gasteiger partial charge in [-0.15, -0.1) is 6.58 Å². The molecule has 0 saturated heterocycles. The number of aryl methyl sites for hydroxylation is 2. The minimum atomic E-state index is -0.267. The normalized spacial score (nSPS) is 14.2. The van der Waals surface area contributed by atoms with E-state index in [0.29, 0.717) is 6.54 Å². The Morgan fingerprint density at radius 1 is 1.44 bits per heavy atom. The van der Waals surface area contributed by atoms with Gasteiger partial charge < -0.3 is 10.4 Å². The topological polar surface area (TPSA) is 32.3 Å². The first-order valence-corrected chi connectivity index (χ1v) is 5.56. The van der Waals surface area contributed by atoms with Crippen LogP contribution in [0.4, 0.5) is 5.69 Å². The zero-order chi connectivity index (χ0) is 12.2. The van der Waals surface area contributed by atoms with Gasteiger partial charge >= 0.3 is 0 Å². The molecule has 1 aromatic rings. The van der Waals surface area contributed by atoms with E-state index in [1.54, 1.807) is 6.08 Å². The number of aliphatic hydroxyl groups is 1. The fourth-order valence-electron chi connectivity index (χ4n) is 1.50. The van der Waals surface area contributed by atoms with Gasteiger partial charge in [-0.3, -0.25) is 0 Å². The lowest BCUT2D eigenvalue weighted by Gasteiger charge is -2.24. The number of rotatable bonds is 5. The molecule has 0 aliphatic carbocycles. The number of hydrogen-bond donors (Lipinski definition) is 2. The average Bonchev–Trinajstić information content (AvgIpc) is 2.27. The van der Waals surface area contributed by atoms with Gasteiger partial charge in [0.1, 0.15) is 0 Å². The van der Waals surface area contributed by atoms with Crippen LogP contribution in [0.2, 0.25) is 0 Å². The summed E-state index contributed by atoms with van der Waals surface area (Å²) >= 11 is 0. The molecule has 0 spiro atoms. The Kier molecular flexibility index (Phi) is 4.13. The average molecular weight is 219 g/mol. The summed E-state index contributed by atoms with van der Waals surface area (Å²) in [6.07, 6.45) is 1.80. The predicted molar refractivity (Wildman–Crippen MR) is 69.8 cm³/mol. The maximum Gasteiger partial charge on any atom is 0.0536 e. The molecule has 0 heterocycles. The standard InChI is InChI=1S/C14H21NO/c1-5-14(4,10-16)9-15-13-7-6-11(2)8-12(13)3/h5-8,15-16H,1,9-10H2,2-4H3. The molecule has 16 heavy (non-hydrogen) atoms. The smallest absolute Gasteiger partial charge is 0.0536 e. The molecule has 1 aromatic carbocycles.